The summed E-state index contributed by atoms with van der Waals surface area (Å²) in [5, 5.41) is 6.91. The molecule has 4 heterocycles. The van der Waals surface area contributed by atoms with E-state index in [9.17, 15) is 0 Å². The van der Waals surface area contributed by atoms with Gasteiger partial charge in [0.2, 0.25) is 0 Å². The van der Waals surface area contributed by atoms with Gasteiger partial charge in [-0.1, -0.05) is 20.8 Å². The van der Waals surface area contributed by atoms with Gasteiger partial charge >= 0.3 is 0 Å². The number of nitrogens with one attached hydrogen (secondary N) is 2. The molecule has 0 spiro atoms. The summed E-state index contributed by atoms with van der Waals surface area (Å²) in [5.41, 5.74) is 4.70. The second kappa shape index (κ2) is 9.51. The fourth-order valence-electron chi connectivity index (χ4n) is 4.69. The van der Waals surface area contributed by atoms with Crippen LogP contribution in [0.25, 0.3) is 0 Å². The highest BCUT2D eigenvalue weighted by Gasteiger charge is 2.25. The molecule has 2 aliphatic rings. The van der Waals surface area contributed by atoms with Crippen LogP contribution in [0.1, 0.15) is 77.6 Å². The lowest BCUT2D eigenvalue weighted by atomic mass is 9.97. The number of fused-ring (bicyclic) bond motifs is 2. The first-order chi connectivity index (χ1) is 15.3. The third kappa shape index (κ3) is 4.62. The topological polar surface area (TPSA) is 69.2 Å². The van der Waals surface area contributed by atoms with Crippen molar-refractivity contribution < 1.29 is 0 Å². The number of hydrogen-bond donors (Lipinski definition) is 2. The SMILES string of the molecule is CC(C)c1cc2c(cn1)NCCN2C(C)CCC(C)c1cnc2c(n1)N(C(C)C)CCN2. The molecule has 2 aromatic heterocycles. The number of anilines is 4. The van der Waals surface area contributed by atoms with Gasteiger partial charge in [-0.3, -0.25) is 4.98 Å². The quantitative estimate of drug-likeness (QED) is 0.642. The molecule has 2 aliphatic heterocycles. The van der Waals surface area contributed by atoms with E-state index in [1.807, 2.05) is 12.4 Å². The molecule has 2 N–H and O–H groups in total. The van der Waals surface area contributed by atoms with Gasteiger partial charge in [0.25, 0.3) is 0 Å². The zero-order valence-corrected chi connectivity index (χ0v) is 20.5. The van der Waals surface area contributed by atoms with E-state index in [1.54, 1.807) is 0 Å². The van der Waals surface area contributed by atoms with E-state index in [-0.39, 0.29) is 0 Å². The van der Waals surface area contributed by atoms with Crippen LogP contribution in [-0.4, -0.2) is 53.2 Å². The molecule has 4 rings (SSSR count). The molecular weight excluding hydrogens is 398 g/mol. The number of hydrogen-bond acceptors (Lipinski definition) is 7. The summed E-state index contributed by atoms with van der Waals surface area (Å²) in [5.74, 6) is 2.73. The highest BCUT2D eigenvalue weighted by Crippen LogP contribution is 2.34. The second-order valence-electron chi connectivity index (χ2n) is 9.91. The summed E-state index contributed by atoms with van der Waals surface area (Å²) in [6.07, 6.45) is 6.17. The first-order valence-electron chi connectivity index (χ1n) is 12.2. The van der Waals surface area contributed by atoms with E-state index >= 15 is 0 Å². The van der Waals surface area contributed by atoms with Gasteiger partial charge in [-0.25, -0.2) is 9.97 Å². The maximum absolute atomic E-state index is 5.04. The number of rotatable bonds is 7. The number of aromatic nitrogens is 3. The third-order valence-corrected chi connectivity index (χ3v) is 6.84. The largest absolute Gasteiger partial charge is 0.380 e. The van der Waals surface area contributed by atoms with Gasteiger partial charge in [0.1, 0.15) is 0 Å². The highest BCUT2D eigenvalue weighted by molar-refractivity contribution is 5.72. The van der Waals surface area contributed by atoms with Gasteiger partial charge in [-0.15, -0.1) is 0 Å². The minimum atomic E-state index is 0.372. The van der Waals surface area contributed by atoms with Gasteiger partial charge in [-0.05, 0) is 45.6 Å². The molecule has 0 bridgehead atoms. The Hall–Kier alpha value is -2.57. The molecule has 0 aromatic carbocycles. The molecule has 2 unspecified atom stereocenters. The molecule has 0 aliphatic carbocycles. The Labute approximate surface area is 193 Å². The van der Waals surface area contributed by atoms with E-state index in [2.05, 4.69) is 73.0 Å². The molecular formula is C25H39N7. The predicted octanol–water partition coefficient (Wildman–Crippen LogP) is 4.84. The summed E-state index contributed by atoms with van der Waals surface area (Å²) in [6.45, 7) is 17.4. The lowest BCUT2D eigenvalue weighted by molar-refractivity contribution is 0.523. The van der Waals surface area contributed by atoms with Crippen LogP contribution in [0.2, 0.25) is 0 Å². The first-order valence-corrected chi connectivity index (χ1v) is 12.2. The number of nitrogens with zero attached hydrogens (tertiary/aromatic N) is 5. The molecule has 2 atom stereocenters. The summed E-state index contributed by atoms with van der Waals surface area (Å²) in [6, 6.07) is 3.16. The number of pyridine rings is 1. The van der Waals surface area contributed by atoms with Gasteiger partial charge < -0.3 is 20.4 Å². The Morgan fingerprint density at radius 1 is 0.875 bits per heavy atom. The van der Waals surface area contributed by atoms with Crippen molar-refractivity contribution in [1.29, 1.82) is 0 Å². The molecule has 174 valence electrons. The summed E-state index contributed by atoms with van der Waals surface area (Å²) < 4.78 is 0. The van der Waals surface area contributed by atoms with Crippen LogP contribution >= 0.6 is 0 Å². The highest BCUT2D eigenvalue weighted by atomic mass is 15.3. The van der Waals surface area contributed by atoms with E-state index in [1.165, 1.54) is 5.69 Å². The van der Waals surface area contributed by atoms with Crippen molar-refractivity contribution in [1.82, 2.24) is 15.0 Å². The Kier molecular flexibility index (Phi) is 6.72. The summed E-state index contributed by atoms with van der Waals surface area (Å²) in [4.78, 5) is 19.3. The van der Waals surface area contributed by atoms with E-state index in [4.69, 9.17) is 9.97 Å². The van der Waals surface area contributed by atoms with Crippen LogP contribution < -0.4 is 20.4 Å². The van der Waals surface area contributed by atoms with Crippen molar-refractivity contribution in [2.45, 2.75) is 78.3 Å². The van der Waals surface area contributed by atoms with Crippen LogP contribution in [0.15, 0.2) is 18.5 Å². The fourth-order valence-corrected chi connectivity index (χ4v) is 4.69. The Morgan fingerprint density at radius 3 is 2.38 bits per heavy atom. The zero-order valence-electron chi connectivity index (χ0n) is 20.5. The van der Waals surface area contributed by atoms with Gasteiger partial charge in [0.15, 0.2) is 11.6 Å². The van der Waals surface area contributed by atoms with Crippen molar-refractivity contribution in [2.24, 2.45) is 0 Å². The van der Waals surface area contributed by atoms with Crippen molar-refractivity contribution in [2.75, 3.05) is 46.6 Å². The average molecular weight is 438 g/mol. The maximum atomic E-state index is 5.04. The van der Waals surface area contributed by atoms with Crippen LogP contribution in [0.5, 0.6) is 0 Å². The van der Waals surface area contributed by atoms with E-state index in [0.717, 1.165) is 67.7 Å². The molecule has 0 saturated carbocycles. The maximum Gasteiger partial charge on any atom is 0.172 e. The van der Waals surface area contributed by atoms with Crippen molar-refractivity contribution >= 4 is 23.0 Å². The first kappa shape index (κ1) is 22.6. The van der Waals surface area contributed by atoms with Gasteiger partial charge in [0.05, 0.1) is 29.5 Å². The molecule has 7 nitrogen and oxygen atoms in total. The second-order valence-corrected chi connectivity index (χ2v) is 9.91. The van der Waals surface area contributed by atoms with E-state index in [0.29, 0.717) is 23.9 Å². The van der Waals surface area contributed by atoms with Crippen LogP contribution in [-0.2, 0) is 0 Å². The normalized spacial score (nSPS) is 17.5. The molecule has 2 aromatic rings. The minimum Gasteiger partial charge on any atom is -0.380 e. The van der Waals surface area contributed by atoms with Crippen LogP contribution in [0.3, 0.4) is 0 Å². The average Bonchev–Trinajstić information content (AvgIpc) is 2.80. The smallest absolute Gasteiger partial charge is 0.172 e. The van der Waals surface area contributed by atoms with Gasteiger partial charge in [0, 0.05) is 49.9 Å². The zero-order chi connectivity index (χ0) is 22.8. The summed E-state index contributed by atoms with van der Waals surface area (Å²) in [7, 11) is 0. The Morgan fingerprint density at radius 2 is 1.62 bits per heavy atom. The van der Waals surface area contributed by atoms with Gasteiger partial charge in [-0.2, -0.15) is 0 Å². The Bertz CT molecular complexity index is 927. The Balaban J connectivity index is 1.45. The van der Waals surface area contributed by atoms with Crippen molar-refractivity contribution in [3.05, 3.63) is 29.8 Å². The summed E-state index contributed by atoms with van der Waals surface area (Å²) >= 11 is 0. The molecule has 0 amide bonds. The standard InChI is InChI=1S/C25H39N7/c1-16(2)20-13-23-22(15-28-20)26-9-12-32(23)19(6)8-7-18(5)21-14-29-24-25(30-21)31(17(3)4)11-10-27-24/h13-19,26H,7-12H2,1-6H3,(H,27,29). The molecule has 32 heavy (non-hydrogen) atoms. The lowest BCUT2D eigenvalue weighted by Crippen LogP contribution is -2.41. The fraction of sp³-hybridized carbons (Fsp3) is 0.640. The molecule has 0 radical (unpaired) electrons. The van der Waals surface area contributed by atoms with E-state index < -0.39 is 0 Å². The molecule has 7 heteroatoms. The molecule has 0 saturated heterocycles. The monoisotopic (exact) mass is 437 g/mol. The molecule has 0 fully saturated rings. The van der Waals surface area contributed by atoms with Crippen LogP contribution in [0, 0.1) is 0 Å². The predicted molar refractivity (Wildman–Crippen MR) is 134 cm³/mol. The third-order valence-electron chi connectivity index (χ3n) is 6.84. The van der Waals surface area contributed by atoms with Crippen molar-refractivity contribution in [3.63, 3.8) is 0 Å². The van der Waals surface area contributed by atoms with Crippen LogP contribution in [0.4, 0.5) is 23.0 Å². The lowest BCUT2D eigenvalue weighted by Gasteiger charge is -2.37. The minimum absolute atomic E-state index is 0.372. The van der Waals surface area contributed by atoms with Crippen molar-refractivity contribution in [3.8, 4) is 0 Å².